The highest BCUT2D eigenvalue weighted by Crippen LogP contribution is 2.06. The van der Waals surface area contributed by atoms with Crippen molar-refractivity contribution < 1.29 is 4.79 Å². The number of terminal acetylenes is 1. The van der Waals surface area contributed by atoms with Crippen LogP contribution in [0.3, 0.4) is 0 Å². The molecule has 0 spiro atoms. The maximum Gasteiger partial charge on any atom is 0.211 e. The number of Topliss-reactive ketones (excluding diaryl/α,β-unsaturated/α-hetero) is 1. The average Bonchev–Trinajstić information content (AvgIpc) is 2.87. The second-order valence-corrected chi connectivity index (χ2v) is 10.4. The minimum Gasteiger partial charge on any atom is -0.301 e. The SMILES string of the molecule is C#C[B-](c1ccccc1)(c1ccccc1)c1ccccc1.C[S+](C)CC(=O)c1ccccc1. The lowest BCUT2D eigenvalue weighted by Gasteiger charge is -2.38. The summed E-state index contributed by atoms with van der Waals surface area (Å²) in [4.78, 5) is 11.5. The normalized spacial score (nSPS) is 10.6. The topological polar surface area (TPSA) is 17.1 Å². The van der Waals surface area contributed by atoms with Crippen LogP contribution in [0.15, 0.2) is 121 Å². The Morgan fingerprint density at radius 3 is 1.30 bits per heavy atom. The van der Waals surface area contributed by atoms with Crippen molar-refractivity contribution in [1.82, 2.24) is 0 Å². The van der Waals surface area contributed by atoms with E-state index in [-0.39, 0.29) is 16.7 Å². The summed E-state index contributed by atoms with van der Waals surface area (Å²) in [6, 6.07) is 40.6. The lowest BCUT2D eigenvalue weighted by molar-refractivity contribution is 0.102. The molecule has 4 aromatic rings. The van der Waals surface area contributed by atoms with Gasteiger partial charge in [-0.25, -0.2) is 0 Å². The van der Waals surface area contributed by atoms with Crippen LogP contribution in [-0.2, 0) is 10.9 Å². The zero-order valence-electron chi connectivity index (χ0n) is 19.2. The van der Waals surface area contributed by atoms with Crippen LogP contribution in [0.1, 0.15) is 10.4 Å². The summed E-state index contributed by atoms with van der Waals surface area (Å²) in [5.41, 5.74) is 4.37. The third-order valence-electron chi connectivity index (χ3n) is 5.66. The van der Waals surface area contributed by atoms with Crippen molar-refractivity contribution in [2.24, 2.45) is 0 Å². The standard InChI is InChI=1S/C20H16B.C10H13OS/c1-2-21(18-12-6-3-7-13-18,19-14-8-4-9-15-19)20-16-10-5-11-17-20;1-12(2)8-10(11)9-6-4-3-5-7-9/h1,3-17H;3-7H,8H2,1-2H3/q-1;+1. The van der Waals surface area contributed by atoms with Gasteiger partial charge in [0.15, 0.2) is 5.75 Å². The van der Waals surface area contributed by atoms with E-state index in [1.807, 2.05) is 48.5 Å². The Morgan fingerprint density at radius 2 is 1.00 bits per heavy atom. The number of carbonyl (C=O) groups excluding carboxylic acids is 1. The molecule has 4 rings (SSSR count). The fourth-order valence-electron chi connectivity index (χ4n) is 4.06. The van der Waals surface area contributed by atoms with Gasteiger partial charge in [0.25, 0.3) is 0 Å². The van der Waals surface area contributed by atoms with Crippen LogP contribution in [-0.4, -0.2) is 30.2 Å². The van der Waals surface area contributed by atoms with Crippen LogP contribution >= 0.6 is 0 Å². The third-order valence-corrected chi connectivity index (χ3v) is 6.50. The van der Waals surface area contributed by atoms with Gasteiger partial charge in [0.1, 0.15) is 6.15 Å². The quantitative estimate of drug-likeness (QED) is 0.188. The van der Waals surface area contributed by atoms with Crippen LogP contribution in [0.2, 0.25) is 0 Å². The van der Waals surface area contributed by atoms with Gasteiger partial charge in [-0.1, -0.05) is 121 Å². The number of benzene rings is 4. The second-order valence-electron chi connectivity index (χ2n) is 8.18. The van der Waals surface area contributed by atoms with E-state index in [2.05, 4.69) is 91.1 Å². The summed E-state index contributed by atoms with van der Waals surface area (Å²) in [5, 5.41) is 0. The van der Waals surface area contributed by atoms with Gasteiger partial charge in [-0.15, -0.1) is 0 Å². The van der Waals surface area contributed by atoms with E-state index in [0.29, 0.717) is 5.75 Å². The molecule has 0 aliphatic carbocycles. The molecule has 33 heavy (non-hydrogen) atoms. The van der Waals surface area contributed by atoms with E-state index in [1.54, 1.807) is 0 Å². The molecule has 0 radical (unpaired) electrons. The molecule has 164 valence electrons. The molecule has 0 unspecified atom stereocenters. The van der Waals surface area contributed by atoms with Crippen molar-refractivity contribution in [3.63, 3.8) is 0 Å². The zero-order valence-corrected chi connectivity index (χ0v) is 20.0. The summed E-state index contributed by atoms with van der Waals surface area (Å²) in [6.07, 6.45) is 8.88. The first-order valence-corrected chi connectivity index (χ1v) is 13.2. The number of rotatable bonds is 6. The molecule has 0 bridgehead atoms. The second kappa shape index (κ2) is 12.0. The molecule has 0 N–H and O–H groups in total. The summed E-state index contributed by atoms with van der Waals surface area (Å²) >= 11 is 0. The van der Waals surface area contributed by atoms with Gasteiger partial charge in [0.05, 0.1) is 12.5 Å². The Bertz CT molecular complexity index is 1070. The van der Waals surface area contributed by atoms with Crippen molar-refractivity contribution in [2.75, 3.05) is 18.3 Å². The first-order chi connectivity index (χ1) is 16.1. The van der Waals surface area contributed by atoms with Crippen molar-refractivity contribution in [3.8, 4) is 12.2 Å². The number of carbonyl (C=O) groups is 1. The predicted octanol–water partition coefficient (Wildman–Crippen LogP) is 4.08. The Labute approximate surface area is 201 Å². The van der Waals surface area contributed by atoms with Crippen LogP contribution < -0.4 is 16.4 Å². The minimum atomic E-state index is -1.37. The lowest BCUT2D eigenvalue weighted by Crippen LogP contribution is -2.66. The summed E-state index contributed by atoms with van der Waals surface area (Å²) in [5.74, 6) is 4.05. The number of hydrogen-bond donors (Lipinski definition) is 0. The molecule has 0 aliphatic rings. The van der Waals surface area contributed by atoms with E-state index >= 15 is 0 Å². The van der Waals surface area contributed by atoms with Crippen molar-refractivity contribution in [2.45, 2.75) is 0 Å². The average molecular weight is 448 g/mol. The molecule has 4 aromatic carbocycles. The summed E-state index contributed by atoms with van der Waals surface area (Å²) in [7, 11) is 0.204. The molecule has 0 aromatic heterocycles. The third kappa shape index (κ3) is 6.06. The van der Waals surface area contributed by atoms with Gasteiger partial charge in [-0.2, -0.15) is 22.8 Å². The highest BCUT2D eigenvalue weighted by atomic mass is 32.2. The maximum atomic E-state index is 11.5. The van der Waals surface area contributed by atoms with Crippen LogP contribution in [0.4, 0.5) is 0 Å². The molecule has 0 atom stereocenters. The monoisotopic (exact) mass is 448 g/mol. The molecular weight excluding hydrogens is 419 g/mol. The Kier molecular flexibility index (Phi) is 8.75. The van der Waals surface area contributed by atoms with E-state index < -0.39 is 6.15 Å². The smallest absolute Gasteiger partial charge is 0.211 e. The summed E-state index contributed by atoms with van der Waals surface area (Å²) in [6.45, 7) is 0. The zero-order chi connectivity index (χ0) is 23.5. The first-order valence-electron chi connectivity index (χ1n) is 11.0. The minimum absolute atomic E-state index is 0.204. The molecule has 0 amide bonds. The van der Waals surface area contributed by atoms with Crippen molar-refractivity contribution in [1.29, 1.82) is 0 Å². The molecule has 0 heterocycles. The van der Waals surface area contributed by atoms with Gasteiger partial charge in [-0.3, -0.25) is 4.79 Å². The van der Waals surface area contributed by atoms with E-state index in [4.69, 9.17) is 6.42 Å². The molecule has 0 saturated carbocycles. The van der Waals surface area contributed by atoms with Crippen LogP contribution in [0.5, 0.6) is 0 Å². The van der Waals surface area contributed by atoms with Gasteiger partial charge in [0.2, 0.25) is 5.78 Å². The highest BCUT2D eigenvalue weighted by Gasteiger charge is 2.27. The summed E-state index contributed by atoms with van der Waals surface area (Å²) < 4.78 is 0. The van der Waals surface area contributed by atoms with Crippen LogP contribution in [0, 0.1) is 12.2 Å². The van der Waals surface area contributed by atoms with E-state index in [9.17, 15) is 4.79 Å². The van der Waals surface area contributed by atoms with Gasteiger partial charge in [-0.05, 0) is 10.9 Å². The fraction of sp³-hybridized carbons (Fsp3) is 0.100. The fourth-order valence-corrected chi connectivity index (χ4v) is 4.75. The molecule has 0 fully saturated rings. The van der Waals surface area contributed by atoms with Crippen molar-refractivity contribution in [3.05, 3.63) is 127 Å². The Morgan fingerprint density at radius 1 is 0.667 bits per heavy atom. The Hall–Kier alpha value is -3.48. The van der Waals surface area contributed by atoms with Gasteiger partial charge < -0.3 is 5.82 Å². The molecule has 1 nitrogen and oxygen atoms in total. The van der Waals surface area contributed by atoms with Gasteiger partial charge >= 0.3 is 0 Å². The van der Waals surface area contributed by atoms with E-state index in [0.717, 1.165) is 5.56 Å². The highest BCUT2D eigenvalue weighted by molar-refractivity contribution is 7.96. The molecule has 3 heteroatoms. The van der Waals surface area contributed by atoms with Crippen molar-refractivity contribution >= 4 is 39.2 Å². The maximum absolute atomic E-state index is 11.5. The largest absolute Gasteiger partial charge is 0.301 e. The molecular formula is C30H29BOS. The number of ketones is 1. The lowest BCUT2D eigenvalue weighted by atomic mass is 9.16. The molecule has 0 saturated heterocycles. The van der Waals surface area contributed by atoms with Gasteiger partial charge in [0, 0.05) is 5.56 Å². The van der Waals surface area contributed by atoms with E-state index in [1.165, 1.54) is 16.4 Å². The molecule has 0 aliphatic heterocycles. The first kappa shape index (κ1) is 24.2. The number of hydrogen-bond acceptors (Lipinski definition) is 1. The predicted molar refractivity (Wildman–Crippen MR) is 148 cm³/mol. The van der Waals surface area contributed by atoms with Crippen LogP contribution in [0.25, 0.3) is 0 Å². The Balaban J connectivity index is 0.000000218.